The summed E-state index contributed by atoms with van der Waals surface area (Å²) in [6, 6.07) is 28.2. The minimum atomic E-state index is 0.971. The molecule has 0 aliphatic carbocycles. The second-order valence-corrected chi connectivity index (χ2v) is 7.07. The zero-order valence-electron chi connectivity index (χ0n) is 16.4. The van der Waals surface area contributed by atoms with E-state index in [4.69, 9.17) is 0 Å². The lowest BCUT2D eigenvalue weighted by atomic mass is 9.90. The summed E-state index contributed by atoms with van der Waals surface area (Å²) in [4.78, 5) is 0. The molecular formula is C27H28. The van der Waals surface area contributed by atoms with E-state index in [2.05, 4.69) is 105 Å². The molecule has 0 heterocycles. The van der Waals surface area contributed by atoms with Crippen LogP contribution < -0.4 is 0 Å². The fourth-order valence-electron chi connectivity index (χ4n) is 3.42. The molecule has 0 bridgehead atoms. The Labute approximate surface area is 163 Å². The van der Waals surface area contributed by atoms with Crippen molar-refractivity contribution in [3.8, 4) is 11.1 Å². The fraction of sp³-hybridized carbons (Fsp3) is 0.185. The third-order valence-electron chi connectivity index (χ3n) is 4.91. The summed E-state index contributed by atoms with van der Waals surface area (Å²) >= 11 is 0. The Hall–Kier alpha value is -2.86. The van der Waals surface area contributed by atoms with Gasteiger partial charge in [-0.15, -0.1) is 0 Å². The van der Waals surface area contributed by atoms with Gasteiger partial charge in [0, 0.05) is 0 Å². The Balaban J connectivity index is 1.97. The van der Waals surface area contributed by atoms with Gasteiger partial charge < -0.3 is 0 Å². The first-order valence-corrected chi connectivity index (χ1v) is 9.77. The molecule has 0 amide bonds. The van der Waals surface area contributed by atoms with E-state index < -0.39 is 0 Å². The SMILES string of the molecule is C=C(C)c1ccc(-c2ccccc2C(=CCc2ccccc2)CCC)cc1. The Kier molecular flexibility index (Phi) is 6.44. The van der Waals surface area contributed by atoms with Crippen LogP contribution in [0.2, 0.25) is 0 Å². The van der Waals surface area contributed by atoms with Crippen molar-refractivity contribution in [2.24, 2.45) is 0 Å². The van der Waals surface area contributed by atoms with Crippen molar-refractivity contribution >= 4 is 11.1 Å². The first-order valence-electron chi connectivity index (χ1n) is 9.77. The first-order chi connectivity index (χ1) is 13.2. The molecule has 3 aromatic rings. The highest BCUT2D eigenvalue weighted by Crippen LogP contribution is 2.32. The van der Waals surface area contributed by atoms with Crippen LogP contribution >= 0.6 is 0 Å². The Morgan fingerprint density at radius 1 is 0.852 bits per heavy atom. The number of hydrogen-bond donors (Lipinski definition) is 0. The standard InChI is InChI=1S/C27H28/c1-4-10-24(16-15-22-11-6-5-7-12-22)26-13-8-9-14-27(26)25-19-17-23(18-20-25)21(2)3/h5-9,11-14,16-20H,2,4,10,15H2,1,3H3. The van der Waals surface area contributed by atoms with Crippen LogP contribution in [0.1, 0.15) is 43.4 Å². The number of allylic oxidation sites excluding steroid dienone is 3. The van der Waals surface area contributed by atoms with Crippen LogP contribution in [0.4, 0.5) is 0 Å². The first kappa shape index (κ1) is 18.9. The topological polar surface area (TPSA) is 0 Å². The molecule has 136 valence electrons. The second-order valence-electron chi connectivity index (χ2n) is 7.07. The third-order valence-corrected chi connectivity index (χ3v) is 4.91. The van der Waals surface area contributed by atoms with Gasteiger partial charge in [0.05, 0.1) is 0 Å². The second kappa shape index (κ2) is 9.19. The summed E-state index contributed by atoms with van der Waals surface area (Å²) in [5, 5.41) is 0. The predicted octanol–water partition coefficient (Wildman–Crippen LogP) is 7.81. The lowest BCUT2D eigenvalue weighted by Crippen LogP contribution is -1.92. The van der Waals surface area contributed by atoms with Crippen molar-refractivity contribution in [2.75, 3.05) is 0 Å². The van der Waals surface area contributed by atoms with Crippen LogP contribution in [0.3, 0.4) is 0 Å². The van der Waals surface area contributed by atoms with Gasteiger partial charge >= 0.3 is 0 Å². The van der Waals surface area contributed by atoms with Gasteiger partial charge in [-0.05, 0) is 53.2 Å². The summed E-state index contributed by atoms with van der Waals surface area (Å²) in [5.74, 6) is 0. The molecule has 3 rings (SSSR count). The van der Waals surface area contributed by atoms with E-state index >= 15 is 0 Å². The third kappa shape index (κ3) is 4.86. The molecule has 0 nitrogen and oxygen atoms in total. The van der Waals surface area contributed by atoms with Gasteiger partial charge in [-0.2, -0.15) is 0 Å². The molecule has 27 heavy (non-hydrogen) atoms. The molecule has 0 radical (unpaired) electrons. The van der Waals surface area contributed by atoms with Gasteiger partial charge in [-0.25, -0.2) is 0 Å². The van der Waals surface area contributed by atoms with Crippen LogP contribution in [-0.2, 0) is 6.42 Å². The average molecular weight is 353 g/mol. The Morgan fingerprint density at radius 3 is 2.19 bits per heavy atom. The zero-order valence-corrected chi connectivity index (χ0v) is 16.4. The lowest BCUT2D eigenvalue weighted by Gasteiger charge is -2.14. The fourth-order valence-corrected chi connectivity index (χ4v) is 3.42. The van der Waals surface area contributed by atoms with Gasteiger partial charge in [0.2, 0.25) is 0 Å². The maximum atomic E-state index is 4.04. The highest BCUT2D eigenvalue weighted by Gasteiger charge is 2.09. The molecule has 0 unspecified atom stereocenters. The summed E-state index contributed by atoms with van der Waals surface area (Å²) in [5.41, 5.74) is 9.00. The summed E-state index contributed by atoms with van der Waals surface area (Å²) in [6.45, 7) is 8.34. The Morgan fingerprint density at radius 2 is 1.52 bits per heavy atom. The van der Waals surface area contributed by atoms with Crippen molar-refractivity contribution in [1.82, 2.24) is 0 Å². The molecule has 0 aliphatic heterocycles. The monoisotopic (exact) mass is 352 g/mol. The molecule has 0 saturated heterocycles. The van der Waals surface area contributed by atoms with Crippen LogP contribution in [-0.4, -0.2) is 0 Å². The van der Waals surface area contributed by atoms with E-state index in [1.165, 1.54) is 33.4 Å². The minimum absolute atomic E-state index is 0.971. The van der Waals surface area contributed by atoms with Gasteiger partial charge in [0.15, 0.2) is 0 Å². The van der Waals surface area contributed by atoms with Crippen LogP contribution in [0.5, 0.6) is 0 Å². The van der Waals surface area contributed by atoms with Gasteiger partial charge in [-0.1, -0.05) is 110 Å². The molecule has 0 heteroatoms. The summed E-state index contributed by atoms with van der Waals surface area (Å²) in [6.07, 6.45) is 5.61. The molecule has 3 aromatic carbocycles. The summed E-state index contributed by atoms with van der Waals surface area (Å²) in [7, 11) is 0. The van der Waals surface area contributed by atoms with Crippen molar-refractivity contribution in [1.29, 1.82) is 0 Å². The number of hydrogen-bond acceptors (Lipinski definition) is 0. The van der Waals surface area contributed by atoms with Crippen molar-refractivity contribution < 1.29 is 0 Å². The van der Waals surface area contributed by atoms with E-state index in [-0.39, 0.29) is 0 Å². The largest absolute Gasteiger partial charge is 0.0955 e. The normalized spacial score (nSPS) is 11.4. The average Bonchev–Trinajstić information content (AvgIpc) is 2.72. The van der Waals surface area contributed by atoms with Crippen LogP contribution in [0.15, 0.2) is 91.5 Å². The van der Waals surface area contributed by atoms with E-state index in [9.17, 15) is 0 Å². The van der Waals surface area contributed by atoms with E-state index in [0.717, 1.165) is 24.8 Å². The van der Waals surface area contributed by atoms with Crippen LogP contribution in [0, 0.1) is 0 Å². The zero-order chi connectivity index (χ0) is 19.1. The lowest BCUT2D eigenvalue weighted by molar-refractivity contribution is 0.969. The number of rotatable bonds is 7. The predicted molar refractivity (Wildman–Crippen MR) is 120 cm³/mol. The molecular weight excluding hydrogens is 324 g/mol. The van der Waals surface area contributed by atoms with Crippen molar-refractivity contribution in [3.05, 3.63) is 108 Å². The maximum absolute atomic E-state index is 4.04. The van der Waals surface area contributed by atoms with Crippen molar-refractivity contribution in [3.63, 3.8) is 0 Å². The van der Waals surface area contributed by atoms with Crippen molar-refractivity contribution in [2.45, 2.75) is 33.1 Å². The number of benzene rings is 3. The van der Waals surface area contributed by atoms with E-state index in [1.807, 2.05) is 0 Å². The molecule has 0 aromatic heterocycles. The van der Waals surface area contributed by atoms with E-state index in [0.29, 0.717) is 0 Å². The van der Waals surface area contributed by atoms with Gasteiger partial charge in [0.25, 0.3) is 0 Å². The Bertz CT molecular complexity index is 912. The maximum Gasteiger partial charge on any atom is -0.00914 e. The molecule has 0 spiro atoms. The highest BCUT2D eigenvalue weighted by molar-refractivity contribution is 5.82. The summed E-state index contributed by atoms with van der Waals surface area (Å²) < 4.78 is 0. The molecule has 0 fully saturated rings. The van der Waals surface area contributed by atoms with Gasteiger partial charge in [-0.3, -0.25) is 0 Å². The quantitative estimate of drug-likeness (QED) is 0.406. The smallest absolute Gasteiger partial charge is 0.00914 e. The van der Waals surface area contributed by atoms with E-state index in [1.54, 1.807) is 0 Å². The molecule has 0 saturated carbocycles. The molecule has 0 N–H and O–H groups in total. The van der Waals surface area contributed by atoms with Crippen LogP contribution in [0.25, 0.3) is 22.3 Å². The highest BCUT2D eigenvalue weighted by atomic mass is 14.1. The minimum Gasteiger partial charge on any atom is -0.0955 e. The molecule has 0 aliphatic rings. The molecule has 0 atom stereocenters. The van der Waals surface area contributed by atoms with Gasteiger partial charge in [0.1, 0.15) is 0 Å².